The highest BCUT2D eigenvalue weighted by Crippen LogP contribution is 2.16. The van der Waals surface area contributed by atoms with Crippen LogP contribution < -0.4 is 5.32 Å². The Balaban J connectivity index is 1.25. The molecule has 3 amide bonds. The molecule has 3 aromatic rings. The SMILES string of the molecule is Cc1cc(C)n2ccc(C(=O)NCc3ccc(C#CCCC(C)C(=O)ON4C(=O)CCC4=O)cc3)c2n1. The van der Waals surface area contributed by atoms with Gasteiger partial charge in [0.05, 0.1) is 11.5 Å². The molecule has 3 heterocycles. The molecule has 0 spiro atoms. The summed E-state index contributed by atoms with van der Waals surface area (Å²) in [6.45, 7) is 5.93. The zero-order valence-electron chi connectivity index (χ0n) is 21.0. The molecule has 190 valence electrons. The topological polar surface area (TPSA) is 110 Å². The summed E-state index contributed by atoms with van der Waals surface area (Å²) in [7, 11) is 0. The minimum atomic E-state index is -0.619. The van der Waals surface area contributed by atoms with Crippen molar-refractivity contribution in [3.05, 3.63) is 70.7 Å². The summed E-state index contributed by atoms with van der Waals surface area (Å²) in [6, 6.07) is 11.3. The van der Waals surface area contributed by atoms with E-state index in [4.69, 9.17) is 4.84 Å². The number of fused-ring (bicyclic) bond motifs is 1. The molecule has 9 nitrogen and oxygen atoms in total. The highest BCUT2D eigenvalue weighted by atomic mass is 16.7. The van der Waals surface area contributed by atoms with Gasteiger partial charge in [-0.1, -0.05) is 30.9 Å². The molecular weight excluding hydrogens is 472 g/mol. The Kier molecular flexibility index (Phi) is 7.68. The van der Waals surface area contributed by atoms with Crippen molar-refractivity contribution in [1.29, 1.82) is 0 Å². The second-order valence-electron chi connectivity index (χ2n) is 9.08. The predicted molar refractivity (Wildman–Crippen MR) is 135 cm³/mol. The Bertz CT molecular complexity index is 1410. The number of nitrogens with one attached hydrogen (secondary N) is 1. The Morgan fingerprint density at radius 2 is 1.81 bits per heavy atom. The number of aryl methyl sites for hydroxylation is 2. The van der Waals surface area contributed by atoms with Crippen LogP contribution in [0.5, 0.6) is 0 Å². The van der Waals surface area contributed by atoms with E-state index >= 15 is 0 Å². The van der Waals surface area contributed by atoms with Crippen molar-refractivity contribution < 1.29 is 24.0 Å². The molecule has 1 fully saturated rings. The van der Waals surface area contributed by atoms with Crippen LogP contribution in [0.15, 0.2) is 42.6 Å². The lowest BCUT2D eigenvalue weighted by atomic mass is 10.1. The summed E-state index contributed by atoms with van der Waals surface area (Å²) >= 11 is 0. The van der Waals surface area contributed by atoms with Crippen molar-refractivity contribution in [1.82, 2.24) is 19.8 Å². The first-order valence-corrected chi connectivity index (χ1v) is 12.1. The maximum Gasteiger partial charge on any atom is 0.336 e. The monoisotopic (exact) mass is 500 g/mol. The van der Waals surface area contributed by atoms with Crippen molar-refractivity contribution in [3.63, 3.8) is 0 Å². The lowest BCUT2D eigenvalue weighted by Gasteiger charge is -2.15. The summed E-state index contributed by atoms with van der Waals surface area (Å²) in [5.41, 5.74) is 4.80. The van der Waals surface area contributed by atoms with Gasteiger partial charge >= 0.3 is 5.97 Å². The van der Waals surface area contributed by atoms with Crippen LogP contribution in [0.25, 0.3) is 5.65 Å². The van der Waals surface area contributed by atoms with E-state index in [9.17, 15) is 19.2 Å². The molecule has 0 bridgehead atoms. The Hall–Kier alpha value is -4.45. The molecule has 1 aliphatic rings. The van der Waals surface area contributed by atoms with Gasteiger partial charge in [-0.3, -0.25) is 14.4 Å². The lowest BCUT2D eigenvalue weighted by molar-refractivity contribution is -0.200. The van der Waals surface area contributed by atoms with Gasteiger partial charge in [0.2, 0.25) is 0 Å². The van der Waals surface area contributed by atoms with Crippen LogP contribution in [0.3, 0.4) is 0 Å². The van der Waals surface area contributed by atoms with E-state index in [1.54, 1.807) is 13.0 Å². The molecule has 2 aromatic heterocycles. The van der Waals surface area contributed by atoms with Crippen LogP contribution in [0.1, 0.15) is 65.5 Å². The average molecular weight is 501 g/mol. The highest BCUT2D eigenvalue weighted by Gasteiger charge is 2.33. The van der Waals surface area contributed by atoms with Crippen molar-refractivity contribution in [2.45, 2.75) is 53.0 Å². The number of carbonyl (C=O) groups excluding carboxylic acids is 4. The van der Waals surface area contributed by atoms with Gasteiger partial charge in [0.1, 0.15) is 5.65 Å². The number of imide groups is 1. The maximum atomic E-state index is 12.7. The van der Waals surface area contributed by atoms with Gasteiger partial charge < -0.3 is 14.6 Å². The van der Waals surface area contributed by atoms with Crippen LogP contribution in [0.2, 0.25) is 0 Å². The smallest absolute Gasteiger partial charge is 0.336 e. The quantitative estimate of drug-likeness (QED) is 0.394. The number of aromatic nitrogens is 2. The van der Waals surface area contributed by atoms with Gasteiger partial charge in [-0.05, 0) is 50.1 Å². The highest BCUT2D eigenvalue weighted by molar-refractivity contribution is 6.01. The van der Waals surface area contributed by atoms with Gasteiger partial charge in [-0.15, -0.1) is 5.06 Å². The van der Waals surface area contributed by atoms with E-state index in [1.807, 2.05) is 54.8 Å². The van der Waals surface area contributed by atoms with Gasteiger partial charge in [-0.2, -0.15) is 0 Å². The van der Waals surface area contributed by atoms with Crippen LogP contribution in [-0.2, 0) is 25.8 Å². The van der Waals surface area contributed by atoms with Crippen LogP contribution in [0.4, 0.5) is 0 Å². The molecule has 0 aliphatic carbocycles. The van der Waals surface area contributed by atoms with E-state index in [0.29, 0.717) is 35.7 Å². The molecule has 0 radical (unpaired) electrons. The lowest BCUT2D eigenvalue weighted by Crippen LogP contribution is -2.34. The normalized spacial score (nSPS) is 13.9. The number of hydrogen-bond donors (Lipinski definition) is 1. The molecule has 9 heteroatoms. The van der Waals surface area contributed by atoms with Gasteiger partial charge in [0, 0.05) is 49.0 Å². The molecule has 1 atom stereocenters. The third-order valence-corrected chi connectivity index (χ3v) is 6.12. The van der Waals surface area contributed by atoms with E-state index in [-0.39, 0.29) is 18.7 Å². The number of nitrogens with zero attached hydrogens (tertiary/aromatic N) is 3. The first kappa shape index (κ1) is 25.6. The van der Waals surface area contributed by atoms with Crippen molar-refractivity contribution in [2.24, 2.45) is 5.92 Å². The second kappa shape index (κ2) is 11.1. The Morgan fingerprint density at radius 1 is 1.11 bits per heavy atom. The van der Waals surface area contributed by atoms with E-state index < -0.39 is 23.7 Å². The number of amides is 3. The molecule has 1 saturated heterocycles. The Labute approximate surface area is 214 Å². The third-order valence-electron chi connectivity index (χ3n) is 6.12. The van der Waals surface area contributed by atoms with Gasteiger partial charge in [0.15, 0.2) is 0 Å². The van der Waals surface area contributed by atoms with Crippen molar-refractivity contribution in [2.75, 3.05) is 0 Å². The van der Waals surface area contributed by atoms with Crippen molar-refractivity contribution >= 4 is 29.3 Å². The van der Waals surface area contributed by atoms with Gasteiger partial charge in [0.25, 0.3) is 17.7 Å². The number of carbonyl (C=O) groups is 4. The minimum Gasteiger partial charge on any atom is -0.348 e. The first-order valence-electron chi connectivity index (χ1n) is 12.1. The summed E-state index contributed by atoms with van der Waals surface area (Å²) < 4.78 is 1.90. The van der Waals surface area contributed by atoms with Gasteiger partial charge in [-0.25, -0.2) is 9.78 Å². The maximum absolute atomic E-state index is 12.7. The minimum absolute atomic E-state index is 0.0680. The summed E-state index contributed by atoms with van der Waals surface area (Å²) in [5, 5.41) is 3.50. The number of rotatable bonds is 7. The standard InChI is InChI=1S/C28H28N4O5/c1-18(28(36)37-32-24(33)12-13-25(32)34)6-4-5-7-21-8-10-22(11-9-21)17-29-27(35)23-14-15-31-20(3)16-19(2)30-26(23)31/h8-11,14-16,18H,4,6,12-13,17H2,1-3H3,(H,29,35). The van der Waals surface area contributed by atoms with E-state index in [0.717, 1.165) is 22.5 Å². The number of hydrogen-bond acceptors (Lipinski definition) is 6. The predicted octanol–water partition coefficient (Wildman–Crippen LogP) is 3.26. The molecule has 1 unspecified atom stereocenters. The molecule has 1 aromatic carbocycles. The molecule has 4 rings (SSSR count). The third kappa shape index (κ3) is 6.04. The van der Waals surface area contributed by atoms with E-state index in [1.165, 1.54) is 0 Å². The zero-order chi connectivity index (χ0) is 26.5. The largest absolute Gasteiger partial charge is 0.348 e. The first-order chi connectivity index (χ1) is 17.7. The summed E-state index contributed by atoms with van der Waals surface area (Å²) in [6.07, 6.45) is 2.87. The van der Waals surface area contributed by atoms with Crippen LogP contribution >= 0.6 is 0 Å². The van der Waals surface area contributed by atoms with Crippen LogP contribution in [0, 0.1) is 31.6 Å². The number of benzene rings is 1. The fourth-order valence-electron chi connectivity index (χ4n) is 3.96. The Morgan fingerprint density at radius 3 is 2.51 bits per heavy atom. The zero-order valence-corrected chi connectivity index (χ0v) is 21.0. The molecular formula is C28H28N4O5. The average Bonchev–Trinajstić information content (AvgIpc) is 3.44. The molecule has 37 heavy (non-hydrogen) atoms. The van der Waals surface area contributed by atoms with Crippen molar-refractivity contribution in [3.8, 4) is 11.8 Å². The summed E-state index contributed by atoms with van der Waals surface area (Å²) in [5.74, 6) is 3.80. The fourth-order valence-corrected chi connectivity index (χ4v) is 3.96. The molecule has 0 saturated carbocycles. The van der Waals surface area contributed by atoms with Crippen LogP contribution in [-0.4, -0.2) is 38.1 Å². The molecule has 1 aliphatic heterocycles. The second-order valence-corrected chi connectivity index (χ2v) is 9.08. The molecule has 1 N–H and O–H groups in total. The summed E-state index contributed by atoms with van der Waals surface area (Å²) in [4.78, 5) is 57.4. The number of hydroxylamine groups is 2. The fraction of sp³-hybridized carbons (Fsp3) is 0.321. The van der Waals surface area contributed by atoms with E-state index in [2.05, 4.69) is 22.1 Å².